The van der Waals surface area contributed by atoms with Gasteiger partial charge in [-0.2, -0.15) is 13.2 Å². The first-order valence-corrected chi connectivity index (χ1v) is 6.68. The van der Waals surface area contributed by atoms with Gasteiger partial charge in [0.05, 0.1) is 5.56 Å². The Kier molecular flexibility index (Phi) is 3.38. The van der Waals surface area contributed by atoms with Crippen molar-refractivity contribution in [2.24, 2.45) is 0 Å². The second-order valence-corrected chi connectivity index (χ2v) is 5.21. The van der Waals surface area contributed by atoms with Crippen LogP contribution in [0.15, 0.2) is 29.1 Å². The van der Waals surface area contributed by atoms with Gasteiger partial charge in [0.25, 0.3) is 5.56 Å². The summed E-state index contributed by atoms with van der Waals surface area (Å²) in [7, 11) is 5.84. The van der Waals surface area contributed by atoms with Crippen molar-refractivity contribution < 1.29 is 17.6 Å². The number of halogens is 4. The highest BCUT2D eigenvalue weighted by Crippen LogP contribution is 2.36. The molecule has 3 rings (SSSR count). The van der Waals surface area contributed by atoms with Gasteiger partial charge in [0.1, 0.15) is 13.7 Å². The molecule has 0 N–H and O–H groups in total. The van der Waals surface area contributed by atoms with E-state index in [1.165, 1.54) is 10.6 Å². The minimum Gasteiger partial charge on any atom is -0.313 e. The third-order valence-electron chi connectivity index (χ3n) is 3.81. The van der Waals surface area contributed by atoms with E-state index in [-0.39, 0.29) is 11.0 Å². The molecule has 0 fully saturated rings. The average molecular weight is 307 g/mol. The first kappa shape index (κ1) is 14.9. The van der Waals surface area contributed by atoms with Crippen molar-refractivity contribution in [2.45, 2.75) is 25.6 Å². The second kappa shape index (κ2) is 5.00. The Morgan fingerprint density at radius 1 is 1.14 bits per heavy atom. The lowest BCUT2D eigenvalue weighted by Gasteiger charge is -2.15. The molecule has 7 heteroatoms. The number of hydrogen-bond donors (Lipinski definition) is 0. The fourth-order valence-corrected chi connectivity index (χ4v) is 2.82. The molecule has 1 aliphatic heterocycles. The van der Waals surface area contributed by atoms with Crippen LogP contribution in [0.4, 0.5) is 17.6 Å². The van der Waals surface area contributed by atoms with Crippen LogP contribution in [-0.4, -0.2) is 12.4 Å². The maximum atomic E-state index is 13.4. The highest BCUT2D eigenvalue weighted by atomic mass is 19.4. The van der Waals surface area contributed by atoms with E-state index in [2.05, 4.69) is 0 Å². The van der Waals surface area contributed by atoms with Gasteiger partial charge in [-0.15, -0.1) is 0 Å². The van der Waals surface area contributed by atoms with Crippen molar-refractivity contribution >= 4 is 13.3 Å². The van der Waals surface area contributed by atoms with E-state index in [4.69, 9.17) is 7.85 Å². The number of hydrogen-bond acceptors (Lipinski definition) is 1. The van der Waals surface area contributed by atoms with E-state index in [1.54, 1.807) is 0 Å². The Balaban J connectivity index is 2.32. The van der Waals surface area contributed by atoms with Gasteiger partial charge in [-0.05, 0) is 31.0 Å². The van der Waals surface area contributed by atoms with Crippen molar-refractivity contribution in [1.82, 2.24) is 4.57 Å². The maximum absolute atomic E-state index is 13.4. The van der Waals surface area contributed by atoms with Gasteiger partial charge >= 0.3 is 6.18 Å². The van der Waals surface area contributed by atoms with Gasteiger partial charge in [0.2, 0.25) is 0 Å². The number of nitrogens with zero attached hydrogens (tertiary/aromatic N) is 1. The quantitative estimate of drug-likeness (QED) is 0.586. The van der Waals surface area contributed by atoms with Crippen LogP contribution >= 0.6 is 0 Å². The lowest BCUT2D eigenvalue weighted by molar-refractivity contribution is -0.137. The molecule has 0 saturated carbocycles. The van der Waals surface area contributed by atoms with Gasteiger partial charge in [-0.25, -0.2) is 4.39 Å². The maximum Gasteiger partial charge on any atom is 0.417 e. The summed E-state index contributed by atoms with van der Waals surface area (Å²) in [5.41, 5.74) is -1.45. The molecule has 1 aromatic heterocycles. The minimum absolute atomic E-state index is 0.227. The standard InChI is InChI=1S/C15H10BF4NO/c16-12-7-10(14(22)21-5-1-2-13(12)21)9-6-8(17)3-4-11(9)15(18,19)20/h3-4,6-7H,1-2,5H2. The molecule has 2 heterocycles. The molecular formula is C15H10BF4NO. The van der Waals surface area contributed by atoms with Crippen molar-refractivity contribution in [1.29, 1.82) is 0 Å². The first-order chi connectivity index (χ1) is 10.3. The molecule has 1 aliphatic rings. The van der Waals surface area contributed by atoms with Crippen molar-refractivity contribution in [3.8, 4) is 11.1 Å². The van der Waals surface area contributed by atoms with E-state index >= 15 is 0 Å². The molecule has 0 atom stereocenters. The third-order valence-corrected chi connectivity index (χ3v) is 3.81. The van der Waals surface area contributed by atoms with Crippen LogP contribution in [-0.2, 0) is 19.1 Å². The largest absolute Gasteiger partial charge is 0.417 e. The lowest BCUT2D eigenvalue weighted by Crippen LogP contribution is -2.28. The Hall–Kier alpha value is -2.05. The van der Waals surface area contributed by atoms with Gasteiger partial charge in [-0.3, -0.25) is 4.79 Å². The Bertz CT molecular complexity index is 810. The molecule has 22 heavy (non-hydrogen) atoms. The summed E-state index contributed by atoms with van der Waals surface area (Å²) in [5.74, 6) is -0.841. The predicted molar refractivity (Wildman–Crippen MR) is 74.8 cm³/mol. The number of aromatic nitrogens is 1. The van der Waals surface area contributed by atoms with Crippen LogP contribution in [0.25, 0.3) is 11.1 Å². The Morgan fingerprint density at radius 2 is 1.86 bits per heavy atom. The summed E-state index contributed by atoms with van der Waals surface area (Å²) in [4.78, 5) is 12.4. The fourth-order valence-electron chi connectivity index (χ4n) is 2.82. The summed E-state index contributed by atoms with van der Waals surface area (Å²) in [6, 6.07) is 3.29. The summed E-state index contributed by atoms with van der Waals surface area (Å²) >= 11 is 0. The smallest absolute Gasteiger partial charge is 0.313 e. The van der Waals surface area contributed by atoms with Crippen LogP contribution < -0.4 is 11.0 Å². The van der Waals surface area contributed by atoms with E-state index in [0.717, 1.165) is 12.1 Å². The van der Waals surface area contributed by atoms with Crippen molar-refractivity contribution in [2.75, 3.05) is 0 Å². The monoisotopic (exact) mass is 307 g/mol. The highest BCUT2D eigenvalue weighted by molar-refractivity contribution is 6.33. The van der Waals surface area contributed by atoms with Gasteiger partial charge in [0.15, 0.2) is 0 Å². The van der Waals surface area contributed by atoms with E-state index in [0.29, 0.717) is 31.1 Å². The molecule has 0 spiro atoms. The highest BCUT2D eigenvalue weighted by Gasteiger charge is 2.34. The fraction of sp³-hybridized carbons (Fsp3) is 0.267. The molecule has 112 valence electrons. The van der Waals surface area contributed by atoms with Crippen molar-refractivity contribution in [3.05, 3.63) is 51.7 Å². The van der Waals surface area contributed by atoms with Gasteiger partial charge < -0.3 is 4.57 Å². The zero-order valence-corrected chi connectivity index (χ0v) is 11.4. The van der Waals surface area contributed by atoms with Crippen LogP contribution in [0.5, 0.6) is 0 Å². The molecule has 0 saturated heterocycles. The van der Waals surface area contributed by atoms with E-state index in [1.807, 2.05) is 0 Å². The molecule has 0 amide bonds. The van der Waals surface area contributed by atoms with Gasteiger partial charge in [-0.1, -0.05) is 11.5 Å². The number of alkyl halides is 3. The van der Waals surface area contributed by atoms with Crippen LogP contribution in [0, 0.1) is 5.82 Å². The molecule has 0 bridgehead atoms. The molecule has 0 unspecified atom stereocenters. The normalized spacial score (nSPS) is 14.2. The topological polar surface area (TPSA) is 22.0 Å². The van der Waals surface area contributed by atoms with E-state index < -0.39 is 28.7 Å². The number of fused-ring (bicyclic) bond motifs is 1. The summed E-state index contributed by atoms with van der Waals surface area (Å²) in [5, 5.41) is 0. The van der Waals surface area contributed by atoms with E-state index in [9.17, 15) is 22.4 Å². The molecule has 2 radical (unpaired) electrons. The first-order valence-electron chi connectivity index (χ1n) is 6.68. The van der Waals surface area contributed by atoms with Gasteiger partial charge in [0, 0.05) is 23.4 Å². The Morgan fingerprint density at radius 3 is 2.55 bits per heavy atom. The summed E-state index contributed by atoms with van der Waals surface area (Å²) in [6.45, 7) is 0.406. The SMILES string of the molecule is [B]c1cc(-c2cc(F)ccc2C(F)(F)F)c(=O)n2c1CCC2. The predicted octanol–water partition coefficient (Wildman–Crippen LogP) is 2.41. The molecule has 2 aromatic rings. The number of benzene rings is 1. The van der Waals surface area contributed by atoms with Crippen LogP contribution in [0.1, 0.15) is 17.7 Å². The van der Waals surface area contributed by atoms with Crippen molar-refractivity contribution in [3.63, 3.8) is 0 Å². The number of rotatable bonds is 1. The van der Waals surface area contributed by atoms with Crippen LogP contribution in [0.3, 0.4) is 0 Å². The molecule has 1 aromatic carbocycles. The third kappa shape index (κ3) is 2.34. The molecule has 0 aliphatic carbocycles. The second-order valence-electron chi connectivity index (χ2n) is 5.21. The molecule has 2 nitrogen and oxygen atoms in total. The zero-order valence-electron chi connectivity index (χ0n) is 11.4. The van der Waals surface area contributed by atoms with Crippen LogP contribution in [0.2, 0.25) is 0 Å². The lowest BCUT2D eigenvalue weighted by atomic mass is 9.89. The number of pyridine rings is 1. The summed E-state index contributed by atoms with van der Waals surface area (Å²) in [6.07, 6.45) is -3.37. The molecular weight excluding hydrogens is 297 g/mol. The zero-order chi connectivity index (χ0) is 16.1. The average Bonchev–Trinajstić information content (AvgIpc) is 2.91. The minimum atomic E-state index is -4.69. The summed E-state index contributed by atoms with van der Waals surface area (Å²) < 4.78 is 54.1. The Labute approximate surface area is 124 Å².